The van der Waals surface area contributed by atoms with Crippen molar-refractivity contribution in [1.82, 2.24) is 9.47 Å². The van der Waals surface area contributed by atoms with Crippen molar-refractivity contribution in [2.24, 2.45) is 0 Å². The van der Waals surface area contributed by atoms with E-state index >= 15 is 0 Å². The van der Waals surface area contributed by atoms with Gasteiger partial charge >= 0.3 is 0 Å². The van der Waals surface area contributed by atoms with E-state index in [1.54, 1.807) is 0 Å². The summed E-state index contributed by atoms with van der Waals surface area (Å²) < 4.78 is 2.16. The molecule has 138 valence electrons. The average Bonchev–Trinajstić information content (AvgIpc) is 3.12. The minimum atomic E-state index is 0.113. The third-order valence-corrected chi connectivity index (χ3v) is 5.63. The SMILES string of the molecule is O=C(c1cc2ccccc2n1Cc1ccccc1)N1CCc2ccccc2C1. The fourth-order valence-electron chi connectivity index (χ4n) is 4.15. The fourth-order valence-corrected chi connectivity index (χ4v) is 4.15. The molecule has 1 aliphatic rings. The number of nitrogens with zero attached hydrogens (tertiary/aromatic N) is 2. The number of benzene rings is 3. The molecule has 0 atom stereocenters. The Morgan fingerprint density at radius 3 is 2.39 bits per heavy atom. The predicted molar refractivity (Wildman–Crippen MR) is 112 cm³/mol. The maximum atomic E-state index is 13.5. The summed E-state index contributed by atoms with van der Waals surface area (Å²) in [5.74, 6) is 0.113. The molecule has 0 aliphatic carbocycles. The Kier molecular flexibility index (Phi) is 4.21. The van der Waals surface area contributed by atoms with E-state index in [-0.39, 0.29) is 5.91 Å². The summed E-state index contributed by atoms with van der Waals surface area (Å²) >= 11 is 0. The second kappa shape index (κ2) is 7.01. The largest absolute Gasteiger partial charge is 0.333 e. The molecular weight excluding hydrogens is 344 g/mol. The van der Waals surface area contributed by atoms with Crippen molar-refractivity contribution in [2.45, 2.75) is 19.5 Å². The van der Waals surface area contributed by atoms with E-state index < -0.39 is 0 Å². The van der Waals surface area contributed by atoms with Crippen molar-refractivity contribution in [3.8, 4) is 0 Å². The summed E-state index contributed by atoms with van der Waals surface area (Å²) in [7, 11) is 0. The first-order valence-corrected chi connectivity index (χ1v) is 9.78. The van der Waals surface area contributed by atoms with Crippen LogP contribution in [0, 0.1) is 0 Å². The maximum Gasteiger partial charge on any atom is 0.270 e. The van der Waals surface area contributed by atoms with Crippen LogP contribution >= 0.6 is 0 Å². The van der Waals surface area contributed by atoms with Gasteiger partial charge in [0.2, 0.25) is 0 Å². The zero-order valence-electron chi connectivity index (χ0n) is 15.7. The number of aromatic nitrogens is 1. The number of fused-ring (bicyclic) bond motifs is 2. The van der Waals surface area contributed by atoms with Crippen molar-refractivity contribution in [2.75, 3.05) is 6.54 Å². The molecule has 3 aromatic carbocycles. The monoisotopic (exact) mass is 366 g/mol. The first kappa shape index (κ1) is 16.8. The van der Waals surface area contributed by atoms with E-state index in [4.69, 9.17) is 0 Å². The number of carbonyl (C=O) groups excluding carboxylic acids is 1. The van der Waals surface area contributed by atoms with Crippen LogP contribution < -0.4 is 0 Å². The minimum Gasteiger partial charge on any atom is -0.333 e. The maximum absolute atomic E-state index is 13.5. The molecule has 0 N–H and O–H groups in total. The number of amides is 1. The van der Waals surface area contributed by atoms with E-state index in [0.29, 0.717) is 13.1 Å². The Morgan fingerprint density at radius 2 is 1.54 bits per heavy atom. The molecule has 3 nitrogen and oxygen atoms in total. The van der Waals surface area contributed by atoms with Gasteiger partial charge in [-0.3, -0.25) is 4.79 Å². The molecule has 0 fully saturated rings. The van der Waals surface area contributed by atoms with Gasteiger partial charge in [0.1, 0.15) is 5.69 Å². The Labute approximate surface area is 164 Å². The molecule has 28 heavy (non-hydrogen) atoms. The lowest BCUT2D eigenvalue weighted by molar-refractivity contribution is 0.0724. The molecule has 1 aromatic heterocycles. The van der Waals surface area contributed by atoms with Crippen molar-refractivity contribution in [3.63, 3.8) is 0 Å². The Morgan fingerprint density at radius 1 is 0.821 bits per heavy atom. The third-order valence-electron chi connectivity index (χ3n) is 5.63. The van der Waals surface area contributed by atoms with Crippen LogP contribution in [0.2, 0.25) is 0 Å². The number of rotatable bonds is 3. The number of hydrogen-bond acceptors (Lipinski definition) is 1. The van der Waals surface area contributed by atoms with Gasteiger partial charge in [-0.15, -0.1) is 0 Å². The van der Waals surface area contributed by atoms with Crippen LogP contribution in [0.1, 0.15) is 27.2 Å². The van der Waals surface area contributed by atoms with E-state index in [1.807, 2.05) is 41.3 Å². The summed E-state index contributed by atoms with van der Waals surface area (Å²) in [4.78, 5) is 15.5. The first-order valence-electron chi connectivity index (χ1n) is 9.78. The summed E-state index contributed by atoms with van der Waals surface area (Å²) in [6, 6.07) is 29.1. The second-order valence-electron chi connectivity index (χ2n) is 7.41. The van der Waals surface area contributed by atoms with Gasteiger partial charge in [-0.05, 0) is 35.2 Å². The molecule has 0 saturated heterocycles. The minimum absolute atomic E-state index is 0.113. The molecule has 2 heterocycles. The number of carbonyl (C=O) groups is 1. The topological polar surface area (TPSA) is 25.2 Å². The van der Waals surface area contributed by atoms with Gasteiger partial charge in [0, 0.05) is 30.5 Å². The lowest BCUT2D eigenvalue weighted by atomic mass is 10.00. The van der Waals surface area contributed by atoms with Crippen molar-refractivity contribution < 1.29 is 4.79 Å². The van der Waals surface area contributed by atoms with Gasteiger partial charge in [0.15, 0.2) is 0 Å². The summed E-state index contributed by atoms with van der Waals surface area (Å²) in [6.07, 6.45) is 0.917. The molecule has 0 bridgehead atoms. The summed E-state index contributed by atoms with van der Waals surface area (Å²) in [6.45, 7) is 2.14. The second-order valence-corrected chi connectivity index (χ2v) is 7.41. The van der Waals surface area contributed by atoms with Gasteiger partial charge in [0.05, 0.1) is 0 Å². The number of para-hydroxylation sites is 1. The van der Waals surface area contributed by atoms with Crippen LogP contribution in [0.3, 0.4) is 0 Å². The average molecular weight is 366 g/mol. The van der Waals surface area contributed by atoms with Gasteiger partial charge in [-0.2, -0.15) is 0 Å². The molecule has 1 amide bonds. The van der Waals surface area contributed by atoms with Crippen LogP contribution in [0.15, 0.2) is 84.9 Å². The van der Waals surface area contributed by atoms with Crippen LogP contribution in [0.25, 0.3) is 10.9 Å². The summed E-state index contributed by atoms with van der Waals surface area (Å²) in [5.41, 5.74) is 5.68. The molecule has 3 heteroatoms. The quantitative estimate of drug-likeness (QED) is 0.507. The van der Waals surface area contributed by atoms with Crippen molar-refractivity contribution in [3.05, 3.63) is 107 Å². The molecule has 5 rings (SSSR count). The van der Waals surface area contributed by atoms with Crippen molar-refractivity contribution in [1.29, 1.82) is 0 Å². The van der Waals surface area contributed by atoms with E-state index in [9.17, 15) is 4.79 Å². The highest BCUT2D eigenvalue weighted by Crippen LogP contribution is 2.25. The van der Waals surface area contributed by atoms with Crippen LogP contribution in [-0.2, 0) is 19.5 Å². The smallest absolute Gasteiger partial charge is 0.270 e. The zero-order valence-corrected chi connectivity index (χ0v) is 15.7. The van der Waals surface area contributed by atoms with Gasteiger partial charge in [-0.25, -0.2) is 0 Å². The predicted octanol–water partition coefficient (Wildman–Crippen LogP) is 4.89. The highest BCUT2D eigenvalue weighted by molar-refractivity contribution is 5.99. The highest BCUT2D eigenvalue weighted by Gasteiger charge is 2.25. The molecule has 0 spiro atoms. The lowest BCUT2D eigenvalue weighted by Gasteiger charge is -2.29. The van der Waals surface area contributed by atoms with Gasteiger partial charge in [-0.1, -0.05) is 72.8 Å². The van der Waals surface area contributed by atoms with Crippen LogP contribution in [0.4, 0.5) is 0 Å². The molecule has 1 aliphatic heterocycles. The Hall–Kier alpha value is -3.33. The Bertz CT molecular complexity index is 1140. The third kappa shape index (κ3) is 2.99. The van der Waals surface area contributed by atoms with E-state index in [2.05, 4.69) is 53.1 Å². The molecule has 0 radical (unpaired) electrons. The fraction of sp³-hybridized carbons (Fsp3) is 0.160. The van der Waals surface area contributed by atoms with Crippen LogP contribution in [-0.4, -0.2) is 21.9 Å². The van der Waals surface area contributed by atoms with Gasteiger partial charge in [0.25, 0.3) is 5.91 Å². The normalized spacial score (nSPS) is 13.5. The molecule has 0 unspecified atom stereocenters. The first-order chi connectivity index (χ1) is 13.8. The lowest BCUT2D eigenvalue weighted by Crippen LogP contribution is -2.37. The standard InChI is InChI=1S/C25H22N2O/c28-25(26-15-14-20-10-4-5-12-22(20)18-26)24-16-21-11-6-7-13-23(21)27(24)17-19-8-2-1-3-9-19/h1-13,16H,14-15,17-18H2. The highest BCUT2D eigenvalue weighted by atomic mass is 16.2. The van der Waals surface area contributed by atoms with Crippen LogP contribution in [0.5, 0.6) is 0 Å². The summed E-state index contributed by atoms with van der Waals surface area (Å²) in [5, 5.41) is 1.11. The van der Waals surface area contributed by atoms with E-state index in [1.165, 1.54) is 16.7 Å². The molecule has 4 aromatic rings. The number of hydrogen-bond donors (Lipinski definition) is 0. The van der Waals surface area contributed by atoms with E-state index in [0.717, 1.165) is 29.6 Å². The van der Waals surface area contributed by atoms with Gasteiger partial charge < -0.3 is 9.47 Å². The Balaban J connectivity index is 1.53. The van der Waals surface area contributed by atoms with Crippen molar-refractivity contribution >= 4 is 16.8 Å². The molecule has 0 saturated carbocycles. The zero-order chi connectivity index (χ0) is 18.9. The molecular formula is C25H22N2O.